The topological polar surface area (TPSA) is 0 Å². The molecule has 27 heavy (non-hydrogen) atoms. The third kappa shape index (κ3) is 19.1. The van der Waals surface area contributed by atoms with Crippen LogP contribution >= 0.6 is 0 Å². The summed E-state index contributed by atoms with van der Waals surface area (Å²) in [5.74, 6) is 0.884. The molecule has 0 spiro atoms. The third-order valence-corrected chi connectivity index (χ3v) is 5.80. The van der Waals surface area contributed by atoms with Gasteiger partial charge in [0.15, 0.2) is 0 Å². The molecule has 0 aromatic rings. The number of rotatable bonds is 1. The van der Waals surface area contributed by atoms with Crippen LogP contribution in [-0.4, -0.2) is 0 Å². The Balaban J connectivity index is -0.0000000217. The number of hydrogen-bond donors (Lipinski definition) is 0. The van der Waals surface area contributed by atoms with Crippen molar-refractivity contribution in [1.29, 1.82) is 0 Å². The van der Waals surface area contributed by atoms with E-state index in [9.17, 15) is 0 Å². The SMILES string of the molecule is C.C.C.C.C.C.C.C.CC.CC1(C)CCCC(C)(C)C1(C)C.CCC(C)C. The first-order valence-corrected chi connectivity index (χ1v) is 8.48. The molecule has 0 aromatic carbocycles. The highest BCUT2D eigenvalue weighted by Crippen LogP contribution is 2.59. The van der Waals surface area contributed by atoms with Gasteiger partial charge in [0.25, 0.3) is 0 Å². The average Bonchev–Trinajstić information content (AvgIpc) is 2.30. The number of hydrogen-bond acceptors (Lipinski definition) is 0. The van der Waals surface area contributed by atoms with Crippen LogP contribution in [0.15, 0.2) is 0 Å². The zero-order chi connectivity index (χ0) is 15.9. The van der Waals surface area contributed by atoms with Gasteiger partial charge in [-0.25, -0.2) is 0 Å². The molecule has 0 saturated heterocycles. The van der Waals surface area contributed by atoms with Crippen LogP contribution in [0.25, 0.3) is 0 Å². The molecule has 0 atom stereocenters. The lowest BCUT2D eigenvalue weighted by Crippen LogP contribution is -2.47. The molecule has 0 N–H and O–H groups in total. The third-order valence-electron chi connectivity index (χ3n) is 5.80. The Morgan fingerprint density at radius 2 is 0.778 bits per heavy atom. The molecule has 1 aliphatic carbocycles. The van der Waals surface area contributed by atoms with E-state index in [1.165, 1.54) is 25.7 Å². The second-order valence-electron chi connectivity index (χ2n) is 8.05. The van der Waals surface area contributed by atoms with Gasteiger partial charge in [0.2, 0.25) is 0 Å². The predicted molar refractivity (Wildman–Crippen MR) is 146 cm³/mol. The fourth-order valence-corrected chi connectivity index (χ4v) is 2.51. The van der Waals surface area contributed by atoms with Crippen LogP contribution in [0, 0.1) is 22.2 Å². The van der Waals surface area contributed by atoms with E-state index in [0.717, 1.165) is 5.92 Å². The zero-order valence-corrected chi connectivity index (χ0v) is 15.9. The zero-order valence-electron chi connectivity index (χ0n) is 15.9. The van der Waals surface area contributed by atoms with E-state index in [-0.39, 0.29) is 59.4 Å². The summed E-state index contributed by atoms with van der Waals surface area (Å²) in [6.07, 6.45) is 5.50. The van der Waals surface area contributed by atoms with Gasteiger partial charge in [0.1, 0.15) is 0 Å². The maximum atomic E-state index is 2.44. The van der Waals surface area contributed by atoms with E-state index < -0.39 is 0 Å². The van der Waals surface area contributed by atoms with E-state index in [0.29, 0.717) is 16.2 Å². The van der Waals surface area contributed by atoms with Crippen molar-refractivity contribution in [3.63, 3.8) is 0 Å². The Kier molecular flexibility index (Phi) is 60.8. The second kappa shape index (κ2) is 26.0. The predicted octanol–water partition coefficient (Wildman–Crippen LogP) is 12.4. The first-order valence-electron chi connectivity index (χ1n) is 8.48. The first-order chi connectivity index (χ1) is 8.48. The van der Waals surface area contributed by atoms with Crippen molar-refractivity contribution < 1.29 is 0 Å². The molecule has 0 bridgehead atoms. The molecule has 0 unspecified atom stereocenters. The van der Waals surface area contributed by atoms with Crippen molar-refractivity contribution in [2.24, 2.45) is 22.2 Å². The van der Waals surface area contributed by atoms with Crippen molar-refractivity contribution in [2.45, 2.75) is 161 Å². The maximum absolute atomic E-state index is 2.44. The highest BCUT2D eigenvalue weighted by Gasteiger charge is 2.49. The summed E-state index contributed by atoms with van der Waals surface area (Å²) in [6.45, 7) is 25.2. The molecule has 0 aliphatic heterocycles. The highest BCUT2D eigenvalue weighted by molar-refractivity contribution is 4.99. The molecule has 0 heteroatoms. The Bertz CT molecular complexity index is 200. The van der Waals surface area contributed by atoms with Gasteiger partial charge in [-0.15, -0.1) is 0 Å². The minimum atomic E-state index is 0. The molecule has 0 radical (unpaired) electrons. The lowest BCUT2D eigenvalue weighted by atomic mass is 9.49. The highest BCUT2D eigenvalue weighted by atomic mass is 14.5. The molecule has 1 rings (SSSR count). The molecule has 1 aliphatic rings. The lowest BCUT2D eigenvalue weighted by Gasteiger charge is -2.56. The monoisotopic (exact) mass is 399 g/mol. The molecule has 0 nitrogen and oxygen atoms in total. The van der Waals surface area contributed by atoms with Crippen LogP contribution in [0.2, 0.25) is 0 Å². The van der Waals surface area contributed by atoms with Crippen LogP contribution in [0.5, 0.6) is 0 Å². The quantitative estimate of drug-likeness (QED) is 0.411. The molecular weight excluding hydrogens is 324 g/mol. The van der Waals surface area contributed by atoms with Crippen molar-refractivity contribution in [3.8, 4) is 0 Å². The van der Waals surface area contributed by atoms with E-state index >= 15 is 0 Å². The molecule has 0 amide bonds. The summed E-state index contributed by atoms with van der Waals surface area (Å²) in [6, 6.07) is 0. The summed E-state index contributed by atoms with van der Waals surface area (Å²) in [7, 11) is 0. The van der Waals surface area contributed by atoms with Gasteiger partial charge in [0.05, 0.1) is 0 Å². The van der Waals surface area contributed by atoms with Crippen LogP contribution in [-0.2, 0) is 0 Å². The summed E-state index contributed by atoms with van der Waals surface area (Å²) in [5.41, 5.74) is 1.49. The van der Waals surface area contributed by atoms with Crippen molar-refractivity contribution in [1.82, 2.24) is 0 Å². The largest absolute Gasteiger partial charge is 0.0776 e. The van der Waals surface area contributed by atoms with Crippen molar-refractivity contribution in [2.75, 3.05) is 0 Å². The van der Waals surface area contributed by atoms with Crippen LogP contribution in [0.3, 0.4) is 0 Å². The molecular formula is C27H74. The van der Waals surface area contributed by atoms with Gasteiger partial charge in [-0.1, -0.05) is 148 Å². The smallest absolute Gasteiger partial charge is 0.0252 e. The fraction of sp³-hybridized carbons (Fsp3) is 1.00. The van der Waals surface area contributed by atoms with Gasteiger partial charge >= 0.3 is 0 Å². The Morgan fingerprint density at radius 3 is 0.889 bits per heavy atom. The standard InChI is InChI=1S/C12H24.C5H12.C2H6.8CH4/c1-10(2)8-7-9-11(3,4)12(10,5)6;1-4-5(2)3;1-2;;;;;;;;/h7-9H2,1-6H3;5H,4H2,1-3H3;1-2H3;8*1H4. The Morgan fingerprint density at radius 1 is 0.593 bits per heavy atom. The summed E-state index contributed by atoms with van der Waals surface area (Å²) >= 11 is 0. The molecule has 0 heterocycles. The minimum Gasteiger partial charge on any atom is -0.0776 e. The van der Waals surface area contributed by atoms with Gasteiger partial charge in [-0.2, -0.15) is 0 Å². The van der Waals surface area contributed by atoms with Gasteiger partial charge < -0.3 is 0 Å². The summed E-state index contributed by atoms with van der Waals surface area (Å²) in [4.78, 5) is 0. The van der Waals surface area contributed by atoms with E-state index in [4.69, 9.17) is 0 Å². The lowest BCUT2D eigenvalue weighted by molar-refractivity contribution is -0.0646. The molecule has 1 saturated carbocycles. The fourth-order valence-electron chi connectivity index (χ4n) is 2.51. The van der Waals surface area contributed by atoms with Crippen molar-refractivity contribution in [3.05, 3.63) is 0 Å². The van der Waals surface area contributed by atoms with Crippen LogP contribution in [0.4, 0.5) is 0 Å². The summed E-state index contributed by atoms with van der Waals surface area (Å²) in [5, 5.41) is 0. The molecule has 182 valence electrons. The summed E-state index contributed by atoms with van der Waals surface area (Å²) < 4.78 is 0. The first kappa shape index (κ1) is 63.2. The van der Waals surface area contributed by atoms with E-state index in [1.807, 2.05) is 13.8 Å². The van der Waals surface area contributed by atoms with Crippen LogP contribution < -0.4 is 0 Å². The van der Waals surface area contributed by atoms with E-state index in [2.05, 4.69) is 62.3 Å². The van der Waals surface area contributed by atoms with Crippen molar-refractivity contribution >= 4 is 0 Å². The molecule has 1 fully saturated rings. The Labute approximate surface area is 183 Å². The van der Waals surface area contributed by atoms with Crippen LogP contribution in [0.1, 0.15) is 161 Å². The maximum Gasteiger partial charge on any atom is -0.0252 e. The minimum absolute atomic E-state index is 0. The normalized spacial score (nSPS) is 16.0. The van der Waals surface area contributed by atoms with Gasteiger partial charge in [0, 0.05) is 0 Å². The van der Waals surface area contributed by atoms with Gasteiger partial charge in [-0.05, 0) is 35.0 Å². The van der Waals surface area contributed by atoms with E-state index in [1.54, 1.807) is 0 Å². The van der Waals surface area contributed by atoms with Gasteiger partial charge in [-0.3, -0.25) is 0 Å². The second-order valence-corrected chi connectivity index (χ2v) is 8.05. The molecule has 0 aromatic heterocycles. The Hall–Kier alpha value is 0. The average molecular weight is 399 g/mol.